The number of hydrogen-bond donors (Lipinski definition) is 0. The van der Waals surface area contributed by atoms with Crippen molar-refractivity contribution >= 4 is 28.4 Å². The van der Waals surface area contributed by atoms with Crippen LogP contribution in [0, 0.1) is 5.82 Å². The Labute approximate surface area is 185 Å². The zero-order valence-electron chi connectivity index (χ0n) is 17.7. The third kappa shape index (κ3) is 3.84. The predicted molar refractivity (Wildman–Crippen MR) is 119 cm³/mol. The van der Waals surface area contributed by atoms with Crippen LogP contribution in [0.3, 0.4) is 0 Å². The number of halogens is 1. The average molecular weight is 433 g/mol. The van der Waals surface area contributed by atoms with Gasteiger partial charge in [0, 0.05) is 35.9 Å². The van der Waals surface area contributed by atoms with Gasteiger partial charge in [-0.15, -0.1) is 0 Å². The second-order valence-corrected chi connectivity index (χ2v) is 8.45. The van der Waals surface area contributed by atoms with Gasteiger partial charge in [0.05, 0.1) is 17.7 Å². The van der Waals surface area contributed by atoms with Crippen LogP contribution in [0.1, 0.15) is 29.6 Å². The van der Waals surface area contributed by atoms with Crippen LogP contribution in [0.15, 0.2) is 60.8 Å². The SMILES string of the molecule is O=C(c1cccc2ncccc12)N1CCCC2(CC1)CN(c1ccc(F)cc1)C(=O)CO2. The van der Waals surface area contributed by atoms with Crippen LogP contribution < -0.4 is 4.90 Å². The maximum absolute atomic E-state index is 13.4. The molecule has 1 atom stereocenters. The Hall–Kier alpha value is -3.32. The zero-order chi connectivity index (χ0) is 22.1. The van der Waals surface area contributed by atoms with Gasteiger partial charge in [0.15, 0.2) is 0 Å². The van der Waals surface area contributed by atoms with Crippen molar-refractivity contribution in [3.63, 3.8) is 0 Å². The Kier molecular flexibility index (Phi) is 5.35. The maximum Gasteiger partial charge on any atom is 0.254 e. The fourth-order valence-corrected chi connectivity index (χ4v) is 4.70. The summed E-state index contributed by atoms with van der Waals surface area (Å²) in [4.78, 5) is 33.8. The lowest BCUT2D eigenvalue weighted by Gasteiger charge is -2.42. The molecule has 0 N–H and O–H groups in total. The Morgan fingerprint density at radius 3 is 2.72 bits per heavy atom. The smallest absolute Gasteiger partial charge is 0.254 e. The van der Waals surface area contributed by atoms with Crippen molar-refractivity contribution in [3.8, 4) is 0 Å². The molecule has 0 bridgehead atoms. The second-order valence-electron chi connectivity index (χ2n) is 8.45. The number of morpholine rings is 1. The summed E-state index contributed by atoms with van der Waals surface area (Å²) in [5.74, 6) is -0.484. The van der Waals surface area contributed by atoms with E-state index in [0.717, 1.165) is 23.7 Å². The van der Waals surface area contributed by atoms with E-state index in [1.807, 2.05) is 35.2 Å². The number of anilines is 1. The summed E-state index contributed by atoms with van der Waals surface area (Å²) in [7, 11) is 0. The first-order chi connectivity index (χ1) is 15.5. The van der Waals surface area contributed by atoms with Gasteiger partial charge in [-0.1, -0.05) is 12.1 Å². The number of ether oxygens (including phenoxy) is 1. The van der Waals surface area contributed by atoms with E-state index in [9.17, 15) is 14.0 Å². The van der Waals surface area contributed by atoms with Crippen LogP contribution >= 0.6 is 0 Å². The van der Waals surface area contributed by atoms with Crippen molar-refractivity contribution in [1.82, 2.24) is 9.88 Å². The van der Waals surface area contributed by atoms with Crippen molar-refractivity contribution in [3.05, 3.63) is 72.2 Å². The molecule has 3 aromatic rings. The lowest BCUT2D eigenvalue weighted by Crippen LogP contribution is -2.55. The number of fused-ring (bicyclic) bond motifs is 1. The van der Waals surface area contributed by atoms with Gasteiger partial charge in [-0.25, -0.2) is 4.39 Å². The van der Waals surface area contributed by atoms with Crippen LogP contribution in [-0.2, 0) is 9.53 Å². The van der Waals surface area contributed by atoms with Crippen molar-refractivity contribution in [1.29, 1.82) is 0 Å². The molecule has 1 spiro atoms. The first-order valence-electron chi connectivity index (χ1n) is 10.9. The number of amides is 2. The zero-order valence-corrected chi connectivity index (χ0v) is 17.7. The average Bonchev–Trinajstić information content (AvgIpc) is 3.03. The lowest BCUT2D eigenvalue weighted by molar-refractivity contribution is -0.140. The largest absolute Gasteiger partial charge is 0.363 e. The van der Waals surface area contributed by atoms with Gasteiger partial charge in [-0.05, 0) is 61.7 Å². The molecule has 1 aromatic heterocycles. The maximum atomic E-state index is 13.4. The fourth-order valence-electron chi connectivity index (χ4n) is 4.70. The molecular weight excluding hydrogens is 409 g/mol. The number of benzene rings is 2. The standard InChI is InChI=1S/C25H24FN3O3/c26-18-7-9-19(10-8-18)29-17-25(32-16-23(29)30)11-3-14-28(15-12-25)24(31)21-4-1-6-22-20(21)5-2-13-27-22/h1-2,4-10,13H,3,11-12,14-17H2. The second kappa shape index (κ2) is 8.31. The van der Waals surface area contributed by atoms with Crippen LogP contribution in [0.5, 0.6) is 0 Å². The molecule has 0 radical (unpaired) electrons. The molecular formula is C25H24FN3O3. The molecule has 1 unspecified atom stereocenters. The molecule has 7 heteroatoms. The van der Waals surface area contributed by atoms with Crippen LogP contribution in [0.25, 0.3) is 10.9 Å². The lowest BCUT2D eigenvalue weighted by atomic mass is 9.92. The summed E-state index contributed by atoms with van der Waals surface area (Å²) in [6, 6.07) is 15.3. The predicted octanol–water partition coefficient (Wildman–Crippen LogP) is 3.80. The van der Waals surface area contributed by atoms with Gasteiger partial charge in [-0.2, -0.15) is 0 Å². The Bertz CT molecular complexity index is 1160. The number of carbonyl (C=O) groups is 2. The number of nitrogens with zero attached hydrogens (tertiary/aromatic N) is 3. The molecule has 164 valence electrons. The normalized spacial score (nSPS) is 21.7. The Balaban J connectivity index is 1.35. The summed E-state index contributed by atoms with van der Waals surface area (Å²) in [6.45, 7) is 1.56. The minimum Gasteiger partial charge on any atom is -0.363 e. The number of rotatable bonds is 2. The summed E-state index contributed by atoms with van der Waals surface area (Å²) < 4.78 is 19.4. The molecule has 32 heavy (non-hydrogen) atoms. The molecule has 2 aliphatic rings. The highest BCUT2D eigenvalue weighted by molar-refractivity contribution is 6.06. The van der Waals surface area contributed by atoms with Crippen molar-refractivity contribution in [2.75, 3.05) is 31.1 Å². The minimum absolute atomic E-state index is 0.0112. The number of aromatic nitrogens is 1. The molecule has 2 saturated heterocycles. The van der Waals surface area contributed by atoms with Crippen molar-refractivity contribution in [2.45, 2.75) is 24.9 Å². The summed E-state index contributed by atoms with van der Waals surface area (Å²) in [5.41, 5.74) is 1.60. The Morgan fingerprint density at radius 2 is 1.88 bits per heavy atom. The first kappa shape index (κ1) is 20.6. The van der Waals surface area contributed by atoms with Gasteiger partial charge >= 0.3 is 0 Å². The quantitative estimate of drug-likeness (QED) is 0.617. The monoisotopic (exact) mass is 433 g/mol. The first-order valence-corrected chi connectivity index (χ1v) is 10.9. The van der Waals surface area contributed by atoms with Gasteiger partial charge in [0.2, 0.25) is 0 Å². The van der Waals surface area contributed by atoms with Gasteiger partial charge < -0.3 is 14.5 Å². The molecule has 2 amide bonds. The molecule has 6 nitrogen and oxygen atoms in total. The highest BCUT2D eigenvalue weighted by atomic mass is 19.1. The molecule has 2 aliphatic heterocycles. The summed E-state index contributed by atoms with van der Waals surface area (Å²) in [6.07, 6.45) is 3.88. The minimum atomic E-state index is -0.516. The molecule has 2 aromatic carbocycles. The van der Waals surface area contributed by atoms with Crippen LogP contribution in [0.4, 0.5) is 10.1 Å². The van der Waals surface area contributed by atoms with E-state index in [4.69, 9.17) is 4.74 Å². The van der Waals surface area contributed by atoms with Crippen LogP contribution in [-0.4, -0.2) is 53.5 Å². The molecule has 0 saturated carbocycles. The topological polar surface area (TPSA) is 62.7 Å². The van der Waals surface area contributed by atoms with Crippen molar-refractivity contribution in [2.24, 2.45) is 0 Å². The van der Waals surface area contributed by atoms with E-state index in [1.54, 1.807) is 23.2 Å². The molecule has 3 heterocycles. The van der Waals surface area contributed by atoms with E-state index in [2.05, 4.69) is 4.98 Å². The van der Waals surface area contributed by atoms with E-state index in [-0.39, 0.29) is 24.2 Å². The number of likely N-dealkylation sites (tertiary alicyclic amines) is 1. The highest BCUT2D eigenvalue weighted by Crippen LogP contribution is 2.33. The van der Waals surface area contributed by atoms with E-state index >= 15 is 0 Å². The van der Waals surface area contributed by atoms with Gasteiger partial charge in [0.25, 0.3) is 11.8 Å². The third-order valence-corrected chi connectivity index (χ3v) is 6.45. The fraction of sp³-hybridized carbons (Fsp3) is 0.320. The van der Waals surface area contributed by atoms with Gasteiger partial charge in [-0.3, -0.25) is 14.6 Å². The number of hydrogen-bond acceptors (Lipinski definition) is 4. The molecule has 0 aliphatic carbocycles. The van der Waals surface area contributed by atoms with E-state index < -0.39 is 5.60 Å². The molecule has 5 rings (SSSR count). The molecule has 2 fully saturated rings. The summed E-state index contributed by atoms with van der Waals surface area (Å²) in [5, 5.41) is 0.848. The van der Waals surface area contributed by atoms with E-state index in [0.29, 0.717) is 37.3 Å². The third-order valence-electron chi connectivity index (χ3n) is 6.45. The van der Waals surface area contributed by atoms with Gasteiger partial charge in [0.1, 0.15) is 12.4 Å². The number of pyridine rings is 1. The summed E-state index contributed by atoms with van der Waals surface area (Å²) >= 11 is 0. The Morgan fingerprint density at radius 1 is 1.03 bits per heavy atom. The van der Waals surface area contributed by atoms with Crippen molar-refractivity contribution < 1.29 is 18.7 Å². The highest BCUT2D eigenvalue weighted by Gasteiger charge is 2.42. The number of carbonyl (C=O) groups excluding carboxylic acids is 2. The van der Waals surface area contributed by atoms with Crippen LogP contribution in [0.2, 0.25) is 0 Å². The van der Waals surface area contributed by atoms with E-state index in [1.165, 1.54) is 12.1 Å².